The Morgan fingerprint density at radius 1 is 0.949 bits per heavy atom. The number of alkyl carbamates (subject to hydrolysis) is 1. The monoisotopic (exact) mass is 545 g/mol. The van der Waals surface area contributed by atoms with Crippen molar-refractivity contribution in [2.75, 3.05) is 6.54 Å². The molecule has 1 unspecified atom stereocenters. The minimum atomic E-state index is -0.577. The van der Waals surface area contributed by atoms with Crippen LogP contribution in [0.25, 0.3) is 22.5 Å². The van der Waals surface area contributed by atoms with Gasteiger partial charge in [-0.25, -0.2) is 9.78 Å². The maximum Gasteiger partial charge on any atom is 0.407 e. The molecule has 39 heavy (non-hydrogen) atoms. The summed E-state index contributed by atoms with van der Waals surface area (Å²) in [6, 6.07) is 24.0. The summed E-state index contributed by atoms with van der Waals surface area (Å²) >= 11 is 6.16. The summed E-state index contributed by atoms with van der Waals surface area (Å²) in [5, 5.41) is 6.45. The van der Waals surface area contributed by atoms with Crippen molar-refractivity contribution in [3.63, 3.8) is 0 Å². The molecule has 202 valence electrons. The van der Waals surface area contributed by atoms with E-state index in [2.05, 4.69) is 15.6 Å². The van der Waals surface area contributed by atoms with Crippen LogP contribution in [0.15, 0.2) is 89.5 Å². The van der Waals surface area contributed by atoms with E-state index >= 15 is 0 Å². The van der Waals surface area contributed by atoms with E-state index in [1.807, 2.05) is 93.6 Å². The number of oxazole rings is 1. The summed E-state index contributed by atoms with van der Waals surface area (Å²) in [6.07, 6.45) is 2.23. The van der Waals surface area contributed by atoms with Crippen molar-refractivity contribution in [1.29, 1.82) is 0 Å². The first-order valence-electron chi connectivity index (χ1n) is 12.8. The molecule has 0 aliphatic heterocycles. The first kappa shape index (κ1) is 27.9. The van der Waals surface area contributed by atoms with Gasteiger partial charge >= 0.3 is 6.09 Å². The van der Waals surface area contributed by atoms with Crippen molar-refractivity contribution < 1.29 is 18.7 Å². The molecule has 4 aromatic rings. The summed E-state index contributed by atoms with van der Waals surface area (Å²) in [5.41, 5.74) is 2.61. The molecule has 0 aliphatic rings. The highest BCUT2D eigenvalue weighted by molar-refractivity contribution is 6.30. The number of benzene rings is 3. The van der Waals surface area contributed by atoms with Crippen LogP contribution < -0.4 is 10.6 Å². The van der Waals surface area contributed by atoms with Crippen molar-refractivity contribution in [3.8, 4) is 22.5 Å². The fraction of sp³-hybridized carbons (Fsp3) is 0.258. The molecule has 0 fully saturated rings. The van der Waals surface area contributed by atoms with Gasteiger partial charge in [-0.1, -0.05) is 66.2 Å². The van der Waals surface area contributed by atoms with Crippen molar-refractivity contribution in [1.82, 2.24) is 15.6 Å². The summed E-state index contributed by atoms with van der Waals surface area (Å²) in [5.74, 6) is 0.744. The van der Waals surface area contributed by atoms with Crippen LogP contribution in [0.4, 0.5) is 4.79 Å². The van der Waals surface area contributed by atoms with Crippen LogP contribution in [0.2, 0.25) is 5.02 Å². The van der Waals surface area contributed by atoms with Crippen molar-refractivity contribution in [2.45, 2.75) is 45.3 Å². The Hall–Kier alpha value is -4.10. The van der Waals surface area contributed by atoms with E-state index in [4.69, 9.17) is 20.8 Å². The molecule has 3 aromatic carbocycles. The highest BCUT2D eigenvalue weighted by Crippen LogP contribution is 2.27. The minimum Gasteiger partial charge on any atom is -0.444 e. The van der Waals surface area contributed by atoms with E-state index in [1.165, 1.54) is 0 Å². The number of hydrogen-bond acceptors (Lipinski definition) is 5. The quantitative estimate of drug-likeness (QED) is 0.213. The normalized spacial score (nSPS) is 12.0. The van der Waals surface area contributed by atoms with E-state index in [9.17, 15) is 9.59 Å². The Kier molecular flexibility index (Phi) is 9.04. The van der Waals surface area contributed by atoms with Crippen LogP contribution in [-0.4, -0.2) is 29.1 Å². The highest BCUT2D eigenvalue weighted by atomic mass is 35.5. The Bertz CT molecular complexity index is 1410. The molecule has 2 amide bonds. The van der Waals surface area contributed by atoms with Gasteiger partial charge in [0, 0.05) is 22.7 Å². The number of aromatic nitrogens is 1. The van der Waals surface area contributed by atoms with Gasteiger partial charge < -0.3 is 19.8 Å². The lowest BCUT2D eigenvalue weighted by molar-refractivity contribution is 0.0525. The van der Waals surface area contributed by atoms with Gasteiger partial charge in [-0.05, 0) is 69.0 Å². The van der Waals surface area contributed by atoms with Gasteiger partial charge in [-0.15, -0.1) is 0 Å². The van der Waals surface area contributed by atoms with Crippen molar-refractivity contribution in [2.24, 2.45) is 0 Å². The molecule has 0 saturated carbocycles. The molecular weight excluding hydrogens is 514 g/mol. The Morgan fingerprint density at radius 3 is 2.36 bits per heavy atom. The highest BCUT2D eigenvalue weighted by Gasteiger charge is 2.22. The summed E-state index contributed by atoms with van der Waals surface area (Å²) in [6.45, 7) is 5.81. The molecule has 0 aliphatic carbocycles. The second kappa shape index (κ2) is 12.6. The molecular formula is C31H32ClN3O4. The second-order valence-corrected chi connectivity index (χ2v) is 10.6. The van der Waals surface area contributed by atoms with E-state index in [-0.39, 0.29) is 5.91 Å². The molecule has 1 heterocycles. The molecule has 0 radical (unpaired) electrons. The predicted molar refractivity (Wildman–Crippen MR) is 153 cm³/mol. The molecule has 4 rings (SSSR count). The smallest absolute Gasteiger partial charge is 0.407 e. The van der Waals surface area contributed by atoms with Gasteiger partial charge in [0.15, 0.2) is 5.76 Å². The van der Waals surface area contributed by atoms with Crippen molar-refractivity contribution in [3.05, 3.63) is 102 Å². The zero-order valence-corrected chi connectivity index (χ0v) is 23.0. The maximum absolute atomic E-state index is 13.4. The minimum absolute atomic E-state index is 0.261. The van der Waals surface area contributed by atoms with Crippen molar-refractivity contribution >= 4 is 23.6 Å². The van der Waals surface area contributed by atoms with Gasteiger partial charge in [0.1, 0.15) is 11.6 Å². The molecule has 1 aromatic heterocycles. The zero-order valence-electron chi connectivity index (χ0n) is 22.2. The molecule has 2 N–H and O–H groups in total. The third-order valence-corrected chi connectivity index (χ3v) is 6.04. The van der Waals surface area contributed by atoms with Crippen LogP contribution in [0.1, 0.15) is 55.9 Å². The Balaban J connectivity index is 1.49. The van der Waals surface area contributed by atoms with Crippen LogP contribution in [0.5, 0.6) is 0 Å². The number of nitrogens with one attached hydrogen (secondary N) is 2. The number of nitrogens with zero attached hydrogens (tertiary/aromatic N) is 1. The average Bonchev–Trinajstić information content (AvgIpc) is 3.40. The largest absolute Gasteiger partial charge is 0.444 e. The van der Waals surface area contributed by atoms with E-state index in [0.29, 0.717) is 41.6 Å². The Morgan fingerprint density at radius 2 is 1.64 bits per heavy atom. The molecule has 1 atom stereocenters. The lowest BCUT2D eigenvalue weighted by atomic mass is 10.0. The van der Waals surface area contributed by atoms with Gasteiger partial charge in [0.05, 0.1) is 6.20 Å². The first-order chi connectivity index (χ1) is 18.7. The third kappa shape index (κ3) is 8.19. The average molecular weight is 546 g/mol. The van der Waals surface area contributed by atoms with E-state index in [0.717, 1.165) is 16.7 Å². The standard InChI is InChI=1S/C31H32ClN3O4/c1-31(2,3)39-30(37)33-17-9-16-26(29-34-20-27(38-29)21-10-5-4-6-11-21)35-28(36)24-14-7-12-22(18-24)23-13-8-15-25(32)19-23/h4-8,10-15,18-20,26H,9,16-17H2,1-3H3,(H,33,37)(H,35,36). The maximum atomic E-state index is 13.4. The number of carbonyl (C=O) groups excluding carboxylic acids is 2. The zero-order chi connectivity index (χ0) is 27.8. The molecule has 0 bridgehead atoms. The fourth-order valence-corrected chi connectivity index (χ4v) is 4.19. The number of amides is 2. The predicted octanol–water partition coefficient (Wildman–Crippen LogP) is 7.44. The molecule has 8 heteroatoms. The van der Waals surface area contributed by atoms with Crippen LogP contribution in [-0.2, 0) is 4.74 Å². The Labute approximate surface area is 233 Å². The topological polar surface area (TPSA) is 93.5 Å². The summed E-state index contributed by atoms with van der Waals surface area (Å²) in [7, 11) is 0. The second-order valence-electron chi connectivity index (χ2n) is 10.1. The number of halogens is 1. The number of rotatable bonds is 9. The van der Waals surface area contributed by atoms with E-state index < -0.39 is 17.7 Å². The number of hydrogen-bond donors (Lipinski definition) is 2. The SMILES string of the molecule is CC(C)(C)OC(=O)NCCCC(NC(=O)c1cccc(-c2cccc(Cl)c2)c1)c1ncc(-c2ccccc2)o1. The summed E-state index contributed by atoms with van der Waals surface area (Å²) in [4.78, 5) is 29.8. The molecule has 7 nitrogen and oxygen atoms in total. The lowest BCUT2D eigenvalue weighted by Gasteiger charge is -2.20. The fourth-order valence-electron chi connectivity index (χ4n) is 4.00. The van der Waals surface area contributed by atoms with E-state index in [1.54, 1.807) is 12.3 Å². The molecule has 0 saturated heterocycles. The molecule has 0 spiro atoms. The summed E-state index contributed by atoms with van der Waals surface area (Å²) < 4.78 is 11.4. The first-order valence-corrected chi connectivity index (χ1v) is 13.2. The van der Waals surface area contributed by atoms with Gasteiger partial charge in [-0.2, -0.15) is 0 Å². The van der Waals surface area contributed by atoms with Crippen LogP contribution in [0.3, 0.4) is 0 Å². The van der Waals surface area contributed by atoms with Gasteiger partial charge in [0.25, 0.3) is 5.91 Å². The van der Waals surface area contributed by atoms with Crippen LogP contribution in [0, 0.1) is 0 Å². The number of carbonyl (C=O) groups is 2. The van der Waals surface area contributed by atoms with Gasteiger partial charge in [-0.3, -0.25) is 4.79 Å². The third-order valence-electron chi connectivity index (χ3n) is 5.81. The van der Waals surface area contributed by atoms with Gasteiger partial charge in [0.2, 0.25) is 5.89 Å². The lowest BCUT2D eigenvalue weighted by Crippen LogP contribution is -2.34. The number of ether oxygens (including phenoxy) is 1. The van der Waals surface area contributed by atoms with Crippen LogP contribution >= 0.6 is 11.6 Å².